The molecule has 0 spiro atoms. The van der Waals surface area contributed by atoms with Gasteiger partial charge in [-0.05, 0) is 50.5 Å². The van der Waals surface area contributed by atoms with E-state index in [2.05, 4.69) is 10.6 Å². The molecule has 5 nitrogen and oxygen atoms in total. The fraction of sp³-hybridized carbons (Fsp3) is 0.556. The maximum absolute atomic E-state index is 12.2. The Morgan fingerprint density at radius 2 is 1.70 bits per heavy atom. The molecule has 2 amide bonds. The SMILES string of the molecule is CC(C)CNC(=O)C1CC1C(=O)Nc1ccc(OC(C)C)cc1. The predicted octanol–water partition coefficient (Wildman–Crippen LogP) is 2.82. The maximum atomic E-state index is 12.2. The van der Waals surface area contributed by atoms with Crippen molar-refractivity contribution < 1.29 is 14.3 Å². The normalized spacial score (nSPS) is 19.6. The van der Waals surface area contributed by atoms with Crippen LogP contribution in [0.5, 0.6) is 5.75 Å². The number of carbonyl (C=O) groups excluding carboxylic acids is 2. The second kappa shape index (κ2) is 7.49. The second-order valence-corrected chi connectivity index (χ2v) is 6.77. The van der Waals surface area contributed by atoms with Gasteiger partial charge in [-0.15, -0.1) is 0 Å². The van der Waals surface area contributed by atoms with Gasteiger partial charge in [0.2, 0.25) is 11.8 Å². The lowest BCUT2D eigenvalue weighted by molar-refractivity contribution is -0.125. The summed E-state index contributed by atoms with van der Waals surface area (Å²) >= 11 is 0. The summed E-state index contributed by atoms with van der Waals surface area (Å²) in [5, 5.41) is 5.74. The van der Waals surface area contributed by atoms with Crippen molar-refractivity contribution >= 4 is 17.5 Å². The number of anilines is 1. The van der Waals surface area contributed by atoms with Crippen molar-refractivity contribution in [3.05, 3.63) is 24.3 Å². The van der Waals surface area contributed by atoms with Gasteiger partial charge in [0.15, 0.2) is 0 Å². The standard InChI is InChI=1S/C18H26N2O3/c1-11(2)10-19-17(21)15-9-16(15)18(22)20-13-5-7-14(8-6-13)23-12(3)4/h5-8,11-12,15-16H,9-10H2,1-4H3,(H,19,21)(H,20,22). The maximum Gasteiger partial charge on any atom is 0.228 e. The number of rotatable bonds is 7. The first-order chi connectivity index (χ1) is 10.9. The molecule has 0 radical (unpaired) electrons. The topological polar surface area (TPSA) is 67.4 Å². The molecule has 1 fully saturated rings. The number of carbonyl (C=O) groups is 2. The van der Waals surface area contributed by atoms with Gasteiger partial charge in [-0.1, -0.05) is 13.8 Å². The van der Waals surface area contributed by atoms with Crippen molar-refractivity contribution in [2.45, 2.75) is 40.2 Å². The van der Waals surface area contributed by atoms with E-state index in [9.17, 15) is 9.59 Å². The van der Waals surface area contributed by atoms with Crippen molar-refractivity contribution in [3.8, 4) is 5.75 Å². The minimum atomic E-state index is -0.214. The number of hydrogen-bond acceptors (Lipinski definition) is 3. The van der Waals surface area contributed by atoms with Gasteiger partial charge in [-0.2, -0.15) is 0 Å². The van der Waals surface area contributed by atoms with E-state index in [-0.39, 0.29) is 29.8 Å². The van der Waals surface area contributed by atoms with E-state index in [4.69, 9.17) is 4.74 Å². The largest absolute Gasteiger partial charge is 0.491 e. The zero-order valence-corrected chi connectivity index (χ0v) is 14.3. The first-order valence-corrected chi connectivity index (χ1v) is 8.22. The summed E-state index contributed by atoms with van der Waals surface area (Å²) in [5.41, 5.74) is 0.722. The highest BCUT2D eigenvalue weighted by Crippen LogP contribution is 2.39. The van der Waals surface area contributed by atoms with Crippen LogP contribution in [0.1, 0.15) is 34.1 Å². The summed E-state index contributed by atoms with van der Waals surface area (Å²) in [6.45, 7) is 8.68. The summed E-state index contributed by atoms with van der Waals surface area (Å²) in [6, 6.07) is 7.28. The summed E-state index contributed by atoms with van der Waals surface area (Å²) in [5.74, 6) is 0.685. The highest BCUT2D eigenvalue weighted by molar-refractivity contribution is 5.99. The van der Waals surface area contributed by atoms with Gasteiger partial charge in [0.05, 0.1) is 17.9 Å². The number of hydrogen-bond donors (Lipinski definition) is 2. The highest BCUT2D eigenvalue weighted by atomic mass is 16.5. The van der Waals surface area contributed by atoms with E-state index in [1.54, 1.807) is 0 Å². The van der Waals surface area contributed by atoms with E-state index in [0.29, 0.717) is 18.9 Å². The van der Waals surface area contributed by atoms with E-state index < -0.39 is 0 Å². The molecule has 5 heteroatoms. The van der Waals surface area contributed by atoms with Crippen LogP contribution in [0.3, 0.4) is 0 Å². The summed E-state index contributed by atoms with van der Waals surface area (Å²) in [4.78, 5) is 24.1. The van der Waals surface area contributed by atoms with E-state index in [1.807, 2.05) is 52.0 Å². The third kappa shape index (κ3) is 5.27. The first kappa shape index (κ1) is 17.3. The zero-order valence-electron chi connectivity index (χ0n) is 14.3. The van der Waals surface area contributed by atoms with Crippen LogP contribution in [0.25, 0.3) is 0 Å². The molecule has 126 valence electrons. The number of nitrogens with one attached hydrogen (secondary N) is 2. The van der Waals surface area contributed by atoms with Crippen LogP contribution < -0.4 is 15.4 Å². The fourth-order valence-corrected chi connectivity index (χ4v) is 2.33. The minimum absolute atomic E-state index is 0.0143. The Bertz CT molecular complexity index is 552. The van der Waals surface area contributed by atoms with E-state index in [1.165, 1.54) is 0 Å². The summed E-state index contributed by atoms with van der Waals surface area (Å²) in [6.07, 6.45) is 0.747. The van der Waals surface area contributed by atoms with Crippen LogP contribution in [0.15, 0.2) is 24.3 Å². The minimum Gasteiger partial charge on any atom is -0.491 e. The summed E-state index contributed by atoms with van der Waals surface area (Å²) < 4.78 is 5.56. The number of benzene rings is 1. The van der Waals surface area contributed by atoms with Crippen LogP contribution in [0.4, 0.5) is 5.69 Å². The monoisotopic (exact) mass is 318 g/mol. The molecule has 0 aliphatic heterocycles. The van der Waals surface area contributed by atoms with Gasteiger partial charge in [0, 0.05) is 12.2 Å². The van der Waals surface area contributed by atoms with Crippen molar-refractivity contribution in [2.24, 2.45) is 17.8 Å². The molecule has 0 heterocycles. The third-order valence-corrected chi connectivity index (χ3v) is 3.64. The van der Waals surface area contributed by atoms with Gasteiger partial charge in [-0.3, -0.25) is 9.59 Å². The average molecular weight is 318 g/mol. The van der Waals surface area contributed by atoms with Crippen LogP contribution >= 0.6 is 0 Å². The lowest BCUT2D eigenvalue weighted by Crippen LogP contribution is -2.30. The Kier molecular flexibility index (Phi) is 5.64. The number of amides is 2. The van der Waals surface area contributed by atoms with Crippen molar-refractivity contribution in [1.82, 2.24) is 5.32 Å². The molecule has 23 heavy (non-hydrogen) atoms. The van der Waals surface area contributed by atoms with Gasteiger partial charge in [0.1, 0.15) is 5.75 Å². The molecule has 2 rings (SSSR count). The third-order valence-electron chi connectivity index (χ3n) is 3.64. The van der Waals surface area contributed by atoms with E-state index in [0.717, 1.165) is 11.4 Å². The molecule has 1 aromatic carbocycles. The molecular weight excluding hydrogens is 292 g/mol. The Hall–Kier alpha value is -2.04. The first-order valence-electron chi connectivity index (χ1n) is 8.22. The van der Waals surface area contributed by atoms with Gasteiger partial charge in [-0.25, -0.2) is 0 Å². The van der Waals surface area contributed by atoms with Gasteiger partial charge in [0.25, 0.3) is 0 Å². The quantitative estimate of drug-likeness (QED) is 0.812. The molecule has 0 aromatic heterocycles. The van der Waals surface area contributed by atoms with Crippen molar-refractivity contribution in [2.75, 3.05) is 11.9 Å². The molecule has 1 aliphatic rings. The number of ether oxygens (including phenoxy) is 1. The van der Waals surface area contributed by atoms with Gasteiger partial charge >= 0.3 is 0 Å². The Balaban J connectivity index is 1.80. The van der Waals surface area contributed by atoms with Crippen molar-refractivity contribution in [1.29, 1.82) is 0 Å². The molecule has 2 atom stereocenters. The molecular formula is C18H26N2O3. The molecule has 1 aromatic rings. The van der Waals surface area contributed by atoms with Crippen LogP contribution in [-0.2, 0) is 9.59 Å². The summed E-state index contributed by atoms with van der Waals surface area (Å²) in [7, 11) is 0. The smallest absolute Gasteiger partial charge is 0.228 e. The Labute approximate surface area is 137 Å². The molecule has 2 unspecified atom stereocenters. The highest BCUT2D eigenvalue weighted by Gasteiger charge is 2.47. The fourth-order valence-electron chi connectivity index (χ4n) is 2.33. The van der Waals surface area contributed by atoms with Crippen LogP contribution in [0.2, 0.25) is 0 Å². The Morgan fingerprint density at radius 3 is 2.26 bits per heavy atom. The van der Waals surface area contributed by atoms with E-state index >= 15 is 0 Å². The second-order valence-electron chi connectivity index (χ2n) is 6.77. The zero-order chi connectivity index (χ0) is 17.0. The Morgan fingerprint density at radius 1 is 1.09 bits per heavy atom. The molecule has 1 aliphatic carbocycles. The molecule has 1 saturated carbocycles. The van der Waals surface area contributed by atoms with Gasteiger partial charge < -0.3 is 15.4 Å². The average Bonchev–Trinajstić information content (AvgIpc) is 3.27. The van der Waals surface area contributed by atoms with Crippen molar-refractivity contribution in [3.63, 3.8) is 0 Å². The lowest BCUT2D eigenvalue weighted by atomic mass is 10.2. The van der Waals surface area contributed by atoms with Crippen LogP contribution in [0, 0.1) is 17.8 Å². The molecule has 0 bridgehead atoms. The predicted molar refractivity (Wildman–Crippen MR) is 90.3 cm³/mol. The molecule has 0 saturated heterocycles. The molecule has 2 N–H and O–H groups in total. The lowest BCUT2D eigenvalue weighted by Gasteiger charge is -2.11. The van der Waals surface area contributed by atoms with Crippen LogP contribution in [-0.4, -0.2) is 24.5 Å².